The molecule has 0 aliphatic carbocycles. The second-order valence-corrected chi connectivity index (χ2v) is 9.41. The molecule has 0 N–H and O–H groups in total. The van der Waals surface area contributed by atoms with E-state index >= 15 is 0 Å². The Morgan fingerprint density at radius 2 is 1.77 bits per heavy atom. The number of aryl methyl sites for hydroxylation is 1. The van der Waals surface area contributed by atoms with E-state index in [9.17, 15) is 14.0 Å². The number of benzene rings is 2. The summed E-state index contributed by atoms with van der Waals surface area (Å²) in [6, 6.07) is 15.1. The Bertz CT molecular complexity index is 1390. The molecule has 2 aromatic carbocycles. The quantitative estimate of drug-likeness (QED) is 0.411. The highest BCUT2D eigenvalue weighted by Gasteiger charge is 2.22. The summed E-state index contributed by atoms with van der Waals surface area (Å²) in [5, 5.41) is 5.20. The van der Waals surface area contributed by atoms with E-state index in [2.05, 4.69) is 15.0 Å². The number of halogens is 1. The first-order valence-corrected chi connectivity index (χ1v) is 12.1. The second-order valence-electron chi connectivity index (χ2n) is 8.45. The van der Waals surface area contributed by atoms with Gasteiger partial charge < -0.3 is 9.64 Å². The van der Waals surface area contributed by atoms with Crippen LogP contribution in [0.2, 0.25) is 0 Å². The van der Waals surface area contributed by atoms with E-state index in [1.165, 1.54) is 46.2 Å². The molecule has 0 unspecified atom stereocenters. The molecule has 2 aromatic heterocycles. The van der Waals surface area contributed by atoms with E-state index in [0.717, 1.165) is 16.1 Å². The first-order chi connectivity index (χ1) is 16.9. The third kappa shape index (κ3) is 5.39. The molecule has 4 aromatic rings. The molecule has 0 radical (unpaired) electrons. The summed E-state index contributed by atoms with van der Waals surface area (Å²) in [5.41, 5.74) is 2.60. The first-order valence-electron chi connectivity index (χ1n) is 11.3. The molecule has 10 heteroatoms. The van der Waals surface area contributed by atoms with Crippen LogP contribution in [0.15, 0.2) is 59.4 Å². The second kappa shape index (κ2) is 9.93. The van der Waals surface area contributed by atoms with Crippen LogP contribution in [-0.2, 0) is 11.3 Å². The third-order valence-electron chi connectivity index (χ3n) is 5.88. The molecule has 1 aliphatic rings. The summed E-state index contributed by atoms with van der Waals surface area (Å²) in [5.74, 6) is -0.00187. The molecule has 1 aliphatic heterocycles. The molecule has 0 spiro atoms. The van der Waals surface area contributed by atoms with E-state index in [0.29, 0.717) is 49.1 Å². The summed E-state index contributed by atoms with van der Waals surface area (Å²) in [7, 11) is 0. The van der Waals surface area contributed by atoms with Crippen molar-refractivity contribution in [2.45, 2.75) is 13.5 Å². The van der Waals surface area contributed by atoms with Crippen molar-refractivity contribution in [3.63, 3.8) is 0 Å². The molecule has 1 fully saturated rings. The van der Waals surface area contributed by atoms with Crippen LogP contribution in [0.1, 0.15) is 11.3 Å². The minimum atomic E-state index is -0.349. The number of aromatic nitrogens is 3. The van der Waals surface area contributed by atoms with Crippen LogP contribution in [0, 0.1) is 12.7 Å². The zero-order valence-electron chi connectivity index (χ0n) is 19.2. The van der Waals surface area contributed by atoms with E-state index in [4.69, 9.17) is 4.74 Å². The van der Waals surface area contributed by atoms with E-state index in [-0.39, 0.29) is 23.9 Å². The number of rotatable bonds is 6. The number of nitrogens with zero attached hydrogens (tertiary/aromatic N) is 5. The zero-order chi connectivity index (χ0) is 24.4. The summed E-state index contributed by atoms with van der Waals surface area (Å²) in [4.78, 5) is 34.3. The Balaban J connectivity index is 1.18. The summed E-state index contributed by atoms with van der Waals surface area (Å²) < 4.78 is 19.8. The molecule has 35 heavy (non-hydrogen) atoms. The number of carbonyl (C=O) groups excluding carboxylic acids is 1. The largest absolute Gasteiger partial charge is 0.484 e. The van der Waals surface area contributed by atoms with Gasteiger partial charge in [-0.3, -0.25) is 14.5 Å². The zero-order valence-corrected chi connectivity index (χ0v) is 20.0. The number of ether oxygens (including phenoxy) is 1. The van der Waals surface area contributed by atoms with E-state index in [1.54, 1.807) is 4.90 Å². The van der Waals surface area contributed by atoms with Gasteiger partial charge in [-0.05, 0) is 31.2 Å². The van der Waals surface area contributed by atoms with Gasteiger partial charge in [-0.1, -0.05) is 41.2 Å². The molecule has 0 bridgehead atoms. The third-order valence-corrected chi connectivity index (χ3v) is 6.84. The van der Waals surface area contributed by atoms with Crippen molar-refractivity contribution in [1.82, 2.24) is 24.4 Å². The van der Waals surface area contributed by atoms with Crippen molar-refractivity contribution in [3.05, 3.63) is 82.0 Å². The van der Waals surface area contributed by atoms with Gasteiger partial charge in [-0.25, -0.2) is 9.37 Å². The fourth-order valence-electron chi connectivity index (χ4n) is 3.90. The van der Waals surface area contributed by atoms with Gasteiger partial charge >= 0.3 is 0 Å². The summed E-state index contributed by atoms with van der Waals surface area (Å²) >= 11 is 1.39. The lowest BCUT2D eigenvalue weighted by Gasteiger charge is -2.34. The Labute approximate surface area is 205 Å². The highest BCUT2D eigenvalue weighted by atomic mass is 32.1. The minimum Gasteiger partial charge on any atom is -0.484 e. The molecule has 0 saturated carbocycles. The van der Waals surface area contributed by atoms with Gasteiger partial charge in [-0.2, -0.15) is 9.61 Å². The molecule has 1 saturated heterocycles. The number of amides is 1. The van der Waals surface area contributed by atoms with Gasteiger partial charge in [0, 0.05) is 44.4 Å². The van der Waals surface area contributed by atoms with E-state index < -0.39 is 0 Å². The maximum Gasteiger partial charge on any atom is 0.275 e. The molecular weight excluding hydrogens is 469 g/mol. The number of piperazine rings is 1. The Hall–Kier alpha value is -3.63. The number of hydrogen-bond acceptors (Lipinski definition) is 7. The van der Waals surface area contributed by atoms with Crippen LogP contribution >= 0.6 is 11.3 Å². The van der Waals surface area contributed by atoms with Gasteiger partial charge in [0.25, 0.3) is 11.5 Å². The standard InChI is InChI=1S/C25H24FN5O3S/c1-17-2-4-18(5-3-17)24-28-31-22(32)14-20(27-25(31)35-24)15-29-10-12-30(13-11-29)23(33)16-34-21-8-6-19(26)7-9-21/h2-9,14H,10-13,15-16H2,1H3. The lowest BCUT2D eigenvalue weighted by molar-refractivity contribution is -0.135. The number of hydrogen-bond donors (Lipinski definition) is 0. The lowest BCUT2D eigenvalue weighted by Crippen LogP contribution is -2.49. The minimum absolute atomic E-state index is 0.0880. The smallest absolute Gasteiger partial charge is 0.275 e. The number of fused-ring (bicyclic) bond motifs is 1. The summed E-state index contributed by atoms with van der Waals surface area (Å²) in [6.45, 7) is 4.92. The Morgan fingerprint density at radius 1 is 1.06 bits per heavy atom. The normalized spacial score (nSPS) is 14.4. The van der Waals surface area contributed by atoms with Crippen molar-refractivity contribution >= 4 is 22.2 Å². The van der Waals surface area contributed by atoms with Crippen LogP contribution in [0.5, 0.6) is 5.75 Å². The molecule has 180 valence electrons. The highest BCUT2D eigenvalue weighted by molar-refractivity contribution is 7.19. The summed E-state index contributed by atoms with van der Waals surface area (Å²) in [6.07, 6.45) is 0. The van der Waals surface area contributed by atoms with Crippen molar-refractivity contribution in [2.24, 2.45) is 0 Å². The Morgan fingerprint density at radius 3 is 2.49 bits per heavy atom. The van der Waals surface area contributed by atoms with Crippen molar-refractivity contribution < 1.29 is 13.9 Å². The van der Waals surface area contributed by atoms with Gasteiger partial charge in [-0.15, -0.1) is 0 Å². The predicted octanol–water partition coefficient (Wildman–Crippen LogP) is 2.99. The predicted molar refractivity (Wildman–Crippen MR) is 131 cm³/mol. The molecule has 1 amide bonds. The van der Waals surface area contributed by atoms with Crippen molar-refractivity contribution in [2.75, 3.05) is 32.8 Å². The topological polar surface area (TPSA) is 80.0 Å². The van der Waals surface area contributed by atoms with Crippen LogP contribution in [-0.4, -0.2) is 63.1 Å². The van der Waals surface area contributed by atoms with Gasteiger partial charge in [0.05, 0.1) is 5.69 Å². The molecule has 0 atom stereocenters. The van der Waals surface area contributed by atoms with Crippen LogP contribution in [0.3, 0.4) is 0 Å². The fourth-order valence-corrected chi connectivity index (χ4v) is 4.83. The van der Waals surface area contributed by atoms with Crippen LogP contribution in [0.25, 0.3) is 15.5 Å². The van der Waals surface area contributed by atoms with Crippen molar-refractivity contribution in [3.8, 4) is 16.3 Å². The van der Waals surface area contributed by atoms with Crippen LogP contribution < -0.4 is 10.3 Å². The SMILES string of the molecule is Cc1ccc(-c2nn3c(=O)cc(CN4CCN(C(=O)COc5ccc(F)cc5)CC4)nc3s2)cc1. The monoisotopic (exact) mass is 493 g/mol. The molecule has 5 rings (SSSR count). The maximum absolute atomic E-state index is 13.0. The first kappa shape index (κ1) is 23.1. The van der Waals surface area contributed by atoms with E-state index in [1.807, 2.05) is 31.2 Å². The maximum atomic E-state index is 13.0. The Kier molecular flexibility index (Phi) is 6.56. The molecular formula is C25H24FN5O3S. The molecule has 8 nitrogen and oxygen atoms in total. The van der Waals surface area contributed by atoms with Gasteiger partial charge in [0.15, 0.2) is 6.61 Å². The van der Waals surface area contributed by atoms with Gasteiger partial charge in [0.2, 0.25) is 4.96 Å². The van der Waals surface area contributed by atoms with Crippen LogP contribution in [0.4, 0.5) is 4.39 Å². The number of carbonyl (C=O) groups is 1. The van der Waals surface area contributed by atoms with Gasteiger partial charge in [0.1, 0.15) is 16.6 Å². The van der Waals surface area contributed by atoms with Crippen molar-refractivity contribution in [1.29, 1.82) is 0 Å². The fraction of sp³-hybridized carbons (Fsp3) is 0.280. The average Bonchev–Trinajstić information content (AvgIpc) is 3.29. The highest BCUT2D eigenvalue weighted by Crippen LogP contribution is 2.24. The average molecular weight is 494 g/mol. The molecule has 3 heterocycles. The lowest BCUT2D eigenvalue weighted by atomic mass is 10.2.